The number of nitrogens with zero attached hydrogens (tertiary/aromatic N) is 1. The molecular formula is C16H18Cl2N2O. The molecule has 1 aliphatic rings. The molecule has 0 saturated heterocycles. The average Bonchev–Trinajstić information content (AvgIpc) is 2.95. The van der Waals surface area contributed by atoms with Crippen LogP contribution in [0.1, 0.15) is 44.8 Å². The fourth-order valence-corrected chi connectivity index (χ4v) is 3.61. The highest BCUT2D eigenvalue weighted by Gasteiger charge is 2.40. The molecular weight excluding hydrogens is 307 g/mol. The van der Waals surface area contributed by atoms with E-state index in [1.54, 1.807) is 6.07 Å². The van der Waals surface area contributed by atoms with Gasteiger partial charge in [0.25, 0.3) is 0 Å². The SMILES string of the molecule is CC1(C)CCCC1c1onc(N)c1-c1ccc(Cl)c(Cl)c1. The fraction of sp³-hybridized carbons (Fsp3) is 0.438. The van der Waals surface area contributed by atoms with Gasteiger partial charge in [-0.2, -0.15) is 0 Å². The van der Waals surface area contributed by atoms with Crippen molar-refractivity contribution in [3.8, 4) is 11.1 Å². The zero-order valence-corrected chi connectivity index (χ0v) is 13.6. The number of hydrogen-bond acceptors (Lipinski definition) is 3. The van der Waals surface area contributed by atoms with Crippen LogP contribution in [0.2, 0.25) is 10.0 Å². The molecule has 5 heteroatoms. The van der Waals surface area contributed by atoms with Crippen molar-refractivity contribution in [2.24, 2.45) is 5.41 Å². The maximum atomic E-state index is 6.13. The average molecular weight is 325 g/mol. The van der Waals surface area contributed by atoms with E-state index in [1.807, 2.05) is 12.1 Å². The fourth-order valence-electron chi connectivity index (χ4n) is 3.31. The van der Waals surface area contributed by atoms with Crippen LogP contribution in [0.15, 0.2) is 22.7 Å². The molecule has 112 valence electrons. The Balaban J connectivity index is 2.11. The first-order chi connectivity index (χ1) is 9.90. The number of nitrogen functional groups attached to an aromatic ring is 1. The summed E-state index contributed by atoms with van der Waals surface area (Å²) < 4.78 is 5.59. The van der Waals surface area contributed by atoms with Gasteiger partial charge in [0.1, 0.15) is 5.76 Å². The van der Waals surface area contributed by atoms with Crippen LogP contribution in [0.25, 0.3) is 11.1 Å². The van der Waals surface area contributed by atoms with Crippen molar-refractivity contribution in [2.45, 2.75) is 39.0 Å². The van der Waals surface area contributed by atoms with Crippen molar-refractivity contribution in [3.63, 3.8) is 0 Å². The second kappa shape index (κ2) is 5.22. The highest BCUT2D eigenvalue weighted by atomic mass is 35.5. The van der Waals surface area contributed by atoms with Crippen molar-refractivity contribution in [3.05, 3.63) is 34.0 Å². The first kappa shape index (κ1) is 14.7. The smallest absolute Gasteiger partial charge is 0.175 e. The van der Waals surface area contributed by atoms with Crippen LogP contribution in [0, 0.1) is 5.41 Å². The lowest BCUT2D eigenvalue weighted by molar-refractivity contribution is 0.269. The van der Waals surface area contributed by atoms with Crippen LogP contribution in [-0.4, -0.2) is 5.16 Å². The topological polar surface area (TPSA) is 52.0 Å². The van der Waals surface area contributed by atoms with Gasteiger partial charge in [-0.05, 0) is 36.0 Å². The molecule has 21 heavy (non-hydrogen) atoms. The van der Waals surface area contributed by atoms with Gasteiger partial charge in [0, 0.05) is 5.92 Å². The summed E-state index contributed by atoms with van der Waals surface area (Å²) in [4.78, 5) is 0. The summed E-state index contributed by atoms with van der Waals surface area (Å²) in [7, 11) is 0. The number of aromatic nitrogens is 1. The second-order valence-electron chi connectivity index (χ2n) is 6.37. The van der Waals surface area contributed by atoms with Crippen molar-refractivity contribution in [2.75, 3.05) is 5.73 Å². The molecule has 1 atom stereocenters. The minimum Gasteiger partial charge on any atom is -0.380 e. The maximum absolute atomic E-state index is 6.13. The third kappa shape index (κ3) is 2.53. The Morgan fingerprint density at radius 1 is 1.29 bits per heavy atom. The molecule has 1 aliphatic carbocycles. The van der Waals surface area contributed by atoms with E-state index in [-0.39, 0.29) is 5.41 Å². The zero-order chi connectivity index (χ0) is 15.2. The Morgan fingerprint density at radius 3 is 2.67 bits per heavy atom. The number of rotatable bonds is 2. The highest BCUT2D eigenvalue weighted by Crippen LogP contribution is 2.52. The third-order valence-electron chi connectivity index (χ3n) is 4.53. The maximum Gasteiger partial charge on any atom is 0.175 e. The summed E-state index contributed by atoms with van der Waals surface area (Å²) >= 11 is 12.1. The minimum absolute atomic E-state index is 0.191. The van der Waals surface area contributed by atoms with Crippen molar-refractivity contribution in [1.29, 1.82) is 0 Å². The Morgan fingerprint density at radius 2 is 2.05 bits per heavy atom. The normalized spacial score (nSPS) is 20.9. The largest absolute Gasteiger partial charge is 0.380 e. The predicted octanol–water partition coefficient (Wildman–Crippen LogP) is 5.52. The quantitative estimate of drug-likeness (QED) is 0.790. The third-order valence-corrected chi connectivity index (χ3v) is 5.27. The molecule has 0 aliphatic heterocycles. The lowest BCUT2D eigenvalue weighted by Gasteiger charge is -2.25. The Kier molecular flexibility index (Phi) is 3.66. The monoisotopic (exact) mass is 324 g/mol. The molecule has 3 rings (SSSR count). The number of halogens is 2. The van der Waals surface area contributed by atoms with Crippen LogP contribution in [0.4, 0.5) is 5.82 Å². The highest BCUT2D eigenvalue weighted by molar-refractivity contribution is 6.42. The number of nitrogens with two attached hydrogens (primary N) is 1. The summed E-state index contributed by atoms with van der Waals surface area (Å²) in [6, 6.07) is 5.50. The van der Waals surface area contributed by atoms with E-state index in [4.69, 9.17) is 33.5 Å². The van der Waals surface area contributed by atoms with Crippen molar-refractivity contribution >= 4 is 29.0 Å². The summed E-state index contributed by atoms with van der Waals surface area (Å²) in [5, 5.41) is 5.01. The molecule has 1 aromatic carbocycles. The standard InChI is InChI=1S/C16H18Cl2N2O/c1-16(2)7-3-4-10(16)14-13(15(19)20-21-14)9-5-6-11(17)12(18)8-9/h5-6,8,10H,3-4,7H2,1-2H3,(H2,19,20). The molecule has 1 unspecified atom stereocenters. The molecule has 0 spiro atoms. The molecule has 2 N–H and O–H groups in total. The molecule has 1 aromatic heterocycles. The lowest BCUT2D eigenvalue weighted by atomic mass is 9.79. The zero-order valence-electron chi connectivity index (χ0n) is 12.1. The summed E-state index contributed by atoms with van der Waals surface area (Å²) in [5.41, 5.74) is 7.99. The molecule has 1 heterocycles. The first-order valence-corrected chi connectivity index (χ1v) is 7.86. The summed E-state index contributed by atoms with van der Waals surface area (Å²) in [6.45, 7) is 4.53. The summed E-state index contributed by atoms with van der Waals surface area (Å²) in [6.07, 6.45) is 3.47. The van der Waals surface area contributed by atoms with Gasteiger partial charge in [-0.25, -0.2) is 0 Å². The Labute approximate surface area is 134 Å². The predicted molar refractivity (Wildman–Crippen MR) is 86.7 cm³/mol. The Hall–Kier alpha value is -1.19. The lowest BCUT2D eigenvalue weighted by Crippen LogP contribution is -2.15. The number of anilines is 1. The minimum atomic E-state index is 0.191. The van der Waals surface area contributed by atoms with Crippen molar-refractivity contribution < 1.29 is 4.52 Å². The van der Waals surface area contributed by atoms with E-state index in [2.05, 4.69) is 19.0 Å². The van der Waals surface area contributed by atoms with E-state index in [1.165, 1.54) is 12.8 Å². The van der Waals surface area contributed by atoms with E-state index >= 15 is 0 Å². The van der Waals surface area contributed by atoms with Gasteiger partial charge >= 0.3 is 0 Å². The van der Waals surface area contributed by atoms with E-state index < -0.39 is 0 Å². The second-order valence-corrected chi connectivity index (χ2v) is 7.18. The van der Waals surface area contributed by atoms with Crippen LogP contribution in [0.5, 0.6) is 0 Å². The molecule has 2 aromatic rings. The molecule has 1 fully saturated rings. The van der Waals surface area contributed by atoms with Gasteiger partial charge in [0.05, 0.1) is 15.6 Å². The summed E-state index contributed by atoms with van der Waals surface area (Å²) in [5.74, 6) is 1.60. The van der Waals surface area contributed by atoms with Crippen molar-refractivity contribution in [1.82, 2.24) is 5.16 Å². The molecule has 0 amide bonds. The van der Waals surface area contributed by atoms with Gasteiger partial charge in [-0.15, -0.1) is 0 Å². The first-order valence-electron chi connectivity index (χ1n) is 7.10. The molecule has 0 radical (unpaired) electrons. The van der Waals surface area contributed by atoms with E-state index in [9.17, 15) is 0 Å². The molecule has 1 saturated carbocycles. The van der Waals surface area contributed by atoms with Crippen LogP contribution in [0.3, 0.4) is 0 Å². The van der Waals surface area contributed by atoms with Crippen LogP contribution < -0.4 is 5.73 Å². The van der Waals surface area contributed by atoms with Gasteiger partial charge in [0.2, 0.25) is 0 Å². The van der Waals surface area contributed by atoms with Gasteiger partial charge < -0.3 is 10.3 Å². The van der Waals surface area contributed by atoms with Crippen LogP contribution in [-0.2, 0) is 0 Å². The van der Waals surface area contributed by atoms with E-state index in [0.29, 0.717) is 21.8 Å². The van der Waals surface area contributed by atoms with Gasteiger partial charge in [0.15, 0.2) is 5.82 Å². The Bertz CT molecular complexity index is 679. The van der Waals surface area contributed by atoms with E-state index in [0.717, 1.165) is 23.3 Å². The van der Waals surface area contributed by atoms with Gasteiger partial charge in [-0.3, -0.25) is 0 Å². The molecule has 0 bridgehead atoms. The molecule has 3 nitrogen and oxygen atoms in total. The van der Waals surface area contributed by atoms with Crippen LogP contribution >= 0.6 is 23.2 Å². The van der Waals surface area contributed by atoms with Gasteiger partial charge in [-0.1, -0.05) is 54.7 Å². The number of benzene rings is 1. The number of hydrogen-bond donors (Lipinski definition) is 1.